The van der Waals surface area contributed by atoms with Gasteiger partial charge in [0.15, 0.2) is 0 Å². The van der Waals surface area contributed by atoms with Crippen LogP contribution in [0.1, 0.15) is 37.4 Å². The topological polar surface area (TPSA) is 29.9 Å². The van der Waals surface area contributed by atoms with Gasteiger partial charge in [-0.1, -0.05) is 31.5 Å². The Hall–Kier alpha value is -1.39. The predicted octanol–water partition coefficient (Wildman–Crippen LogP) is 3.78. The van der Waals surface area contributed by atoms with Crippen LogP contribution in [-0.4, -0.2) is 16.3 Å². The fourth-order valence-electron chi connectivity index (χ4n) is 2.21. The first-order chi connectivity index (χ1) is 9.63. The van der Waals surface area contributed by atoms with Crippen molar-refractivity contribution in [2.45, 2.75) is 32.9 Å². The van der Waals surface area contributed by atoms with Crippen molar-refractivity contribution < 1.29 is 4.39 Å². The zero-order valence-electron chi connectivity index (χ0n) is 11.7. The van der Waals surface area contributed by atoms with Crippen LogP contribution in [0.25, 0.3) is 0 Å². The molecule has 0 bridgehead atoms. The zero-order valence-corrected chi connectivity index (χ0v) is 12.5. The molecule has 2 rings (SSSR count). The molecule has 0 spiro atoms. The van der Waals surface area contributed by atoms with Crippen molar-refractivity contribution in [2.24, 2.45) is 0 Å². The highest BCUT2D eigenvalue weighted by atomic mass is 35.5. The summed E-state index contributed by atoms with van der Waals surface area (Å²) in [4.78, 5) is 0. The van der Waals surface area contributed by atoms with E-state index in [1.807, 2.05) is 17.1 Å². The van der Waals surface area contributed by atoms with Gasteiger partial charge in [-0.05, 0) is 30.7 Å². The highest BCUT2D eigenvalue weighted by Crippen LogP contribution is 2.20. The largest absolute Gasteiger partial charge is 0.310 e. The molecule has 0 aliphatic heterocycles. The molecule has 0 radical (unpaired) electrons. The van der Waals surface area contributed by atoms with Crippen LogP contribution >= 0.6 is 11.6 Å². The van der Waals surface area contributed by atoms with E-state index in [1.165, 1.54) is 12.1 Å². The first-order valence-corrected chi connectivity index (χ1v) is 7.21. The van der Waals surface area contributed by atoms with E-state index < -0.39 is 0 Å². The summed E-state index contributed by atoms with van der Waals surface area (Å²) >= 11 is 6.03. The van der Waals surface area contributed by atoms with E-state index in [1.54, 1.807) is 6.07 Å². The lowest BCUT2D eigenvalue weighted by molar-refractivity contribution is 0.536. The number of nitrogens with one attached hydrogen (secondary N) is 1. The zero-order chi connectivity index (χ0) is 14.5. The Morgan fingerprint density at radius 3 is 2.85 bits per heavy atom. The minimum absolute atomic E-state index is 0.317. The summed E-state index contributed by atoms with van der Waals surface area (Å²) < 4.78 is 14.8. The Bertz CT molecular complexity index is 568. The Morgan fingerprint density at radius 2 is 2.20 bits per heavy atom. The van der Waals surface area contributed by atoms with E-state index in [-0.39, 0.29) is 5.82 Å². The normalized spacial score (nSPS) is 12.6. The van der Waals surface area contributed by atoms with Crippen molar-refractivity contribution in [1.82, 2.24) is 15.1 Å². The monoisotopic (exact) mass is 295 g/mol. The van der Waals surface area contributed by atoms with E-state index in [0.717, 1.165) is 24.1 Å². The molecule has 20 heavy (non-hydrogen) atoms. The lowest BCUT2D eigenvalue weighted by Gasteiger charge is -2.13. The number of hydrogen-bond acceptors (Lipinski definition) is 2. The molecule has 0 aliphatic carbocycles. The Balaban J connectivity index is 2.12. The number of benzene rings is 1. The number of nitrogens with zero attached hydrogens (tertiary/aromatic N) is 2. The van der Waals surface area contributed by atoms with Crippen LogP contribution in [0.5, 0.6) is 0 Å². The molecule has 1 unspecified atom stereocenters. The van der Waals surface area contributed by atoms with Gasteiger partial charge in [0.05, 0.1) is 12.7 Å². The van der Waals surface area contributed by atoms with E-state index in [9.17, 15) is 4.39 Å². The van der Waals surface area contributed by atoms with Gasteiger partial charge in [-0.25, -0.2) is 4.39 Å². The van der Waals surface area contributed by atoms with Gasteiger partial charge in [0.1, 0.15) is 5.82 Å². The average molecular weight is 296 g/mol. The van der Waals surface area contributed by atoms with Crippen molar-refractivity contribution in [2.75, 3.05) is 6.54 Å². The molecular weight excluding hydrogens is 277 g/mol. The van der Waals surface area contributed by atoms with Gasteiger partial charge in [0.2, 0.25) is 0 Å². The van der Waals surface area contributed by atoms with E-state index in [0.29, 0.717) is 17.6 Å². The minimum Gasteiger partial charge on any atom is -0.310 e. The third-order valence-corrected chi connectivity index (χ3v) is 3.61. The summed E-state index contributed by atoms with van der Waals surface area (Å²) in [5.74, 6) is -0.321. The standard InChI is InChI=1S/C15H19ClFN3/c1-3-15(18-4-2)12-8-19-20(10-12)9-11-5-6-13(17)7-14(11)16/h5-8,10,15,18H,3-4,9H2,1-2H3. The molecule has 5 heteroatoms. The first kappa shape index (κ1) is 15.0. The third-order valence-electron chi connectivity index (χ3n) is 3.26. The molecule has 1 aromatic carbocycles. The Morgan fingerprint density at radius 1 is 1.40 bits per heavy atom. The predicted molar refractivity (Wildman–Crippen MR) is 79.4 cm³/mol. The fourth-order valence-corrected chi connectivity index (χ4v) is 2.44. The lowest BCUT2D eigenvalue weighted by atomic mass is 10.1. The molecule has 0 amide bonds. The maximum atomic E-state index is 13.0. The molecular formula is C15H19ClFN3. The SMILES string of the molecule is CCNC(CC)c1cnn(Cc2ccc(F)cc2Cl)c1. The van der Waals surface area contributed by atoms with Crippen LogP contribution in [0.3, 0.4) is 0 Å². The van der Waals surface area contributed by atoms with Gasteiger partial charge < -0.3 is 5.32 Å². The molecule has 1 aromatic heterocycles. The fraction of sp³-hybridized carbons (Fsp3) is 0.400. The number of rotatable bonds is 6. The quantitative estimate of drug-likeness (QED) is 0.879. The van der Waals surface area contributed by atoms with Crippen LogP contribution in [0, 0.1) is 5.82 Å². The van der Waals surface area contributed by atoms with Crippen molar-refractivity contribution in [3.05, 3.63) is 52.6 Å². The Labute approximate surface area is 123 Å². The summed E-state index contributed by atoms with van der Waals surface area (Å²) in [6.45, 7) is 5.70. The van der Waals surface area contributed by atoms with Crippen LogP contribution in [0.2, 0.25) is 5.02 Å². The van der Waals surface area contributed by atoms with Crippen LogP contribution < -0.4 is 5.32 Å². The summed E-state index contributed by atoms with van der Waals surface area (Å²) in [5.41, 5.74) is 2.02. The maximum absolute atomic E-state index is 13.0. The van der Waals surface area contributed by atoms with Gasteiger partial charge >= 0.3 is 0 Å². The van der Waals surface area contributed by atoms with Crippen LogP contribution in [0.15, 0.2) is 30.6 Å². The number of hydrogen-bond donors (Lipinski definition) is 1. The maximum Gasteiger partial charge on any atom is 0.124 e. The van der Waals surface area contributed by atoms with Gasteiger partial charge in [0.25, 0.3) is 0 Å². The average Bonchev–Trinajstić information content (AvgIpc) is 2.87. The second-order valence-corrected chi connectivity index (χ2v) is 5.13. The Kier molecular flexibility index (Phi) is 5.15. The highest BCUT2D eigenvalue weighted by Gasteiger charge is 2.11. The molecule has 0 saturated carbocycles. The molecule has 0 fully saturated rings. The van der Waals surface area contributed by atoms with E-state index in [4.69, 9.17) is 11.6 Å². The van der Waals surface area contributed by atoms with Crippen molar-refractivity contribution >= 4 is 11.6 Å². The van der Waals surface area contributed by atoms with E-state index >= 15 is 0 Å². The summed E-state index contributed by atoms with van der Waals surface area (Å²) in [5, 5.41) is 8.20. The van der Waals surface area contributed by atoms with Crippen molar-refractivity contribution in [1.29, 1.82) is 0 Å². The van der Waals surface area contributed by atoms with Gasteiger partial charge in [0, 0.05) is 22.8 Å². The summed E-state index contributed by atoms with van der Waals surface area (Å²) in [7, 11) is 0. The molecule has 3 nitrogen and oxygen atoms in total. The molecule has 2 aromatic rings. The smallest absolute Gasteiger partial charge is 0.124 e. The van der Waals surface area contributed by atoms with Gasteiger partial charge in [-0.3, -0.25) is 4.68 Å². The van der Waals surface area contributed by atoms with Crippen molar-refractivity contribution in [3.8, 4) is 0 Å². The van der Waals surface area contributed by atoms with E-state index in [2.05, 4.69) is 24.3 Å². The number of halogens is 2. The third kappa shape index (κ3) is 3.58. The number of aromatic nitrogens is 2. The lowest BCUT2D eigenvalue weighted by Crippen LogP contribution is -2.19. The van der Waals surface area contributed by atoms with Gasteiger partial charge in [-0.15, -0.1) is 0 Å². The van der Waals surface area contributed by atoms with Gasteiger partial charge in [-0.2, -0.15) is 5.10 Å². The van der Waals surface area contributed by atoms with Crippen molar-refractivity contribution in [3.63, 3.8) is 0 Å². The minimum atomic E-state index is -0.321. The summed E-state index contributed by atoms with van der Waals surface area (Å²) in [6.07, 6.45) is 4.89. The summed E-state index contributed by atoms with van der Waals surface area (Å²) in [6, 6.07) is 4.76. The van der Waals surface area contributed by atoms with Crippen LogP contribution in [-0.2, 0) is 6.54 Å². The molecule has 108 valence electrons. The first-order valence-electron chi connectivity index (χ1n) is 6.83. The molecule has 1 atom stereocenters. The molecule has 0 aliphatic rings. The molecule has 1 N–H and O–H groups in total. The second-order valence-electron chi connectivity index (χ2n) is 4.73. The molecule has 1 heterocycles. The second kappa shape index (κ2) is 6.86. The molecule has 0 saturated heterocycles. The van der Waals surface area contributed by atoms with Crippen LogP contribution in [0.4, 0.5) is 4.39 Å². The highest BCUT2D eigenvalue weighted by molar-refractivity contribution is 6.31.